The number of rotatable bonds is 10. The first kappa shape index (κ1) is 34.7. The number of carbonyl (C=O) groups excluding carboxylic acids is 2. The molecule has 5 atom stereocenters. The molecule has 7 nitrogen and oxygen atoms in total. The van der Waals surface area contributed by atoms with E-state index in [-0.39, 0.29) is 53.2 Å². The van der Waals surface area contributed by atoms with Gasteiger partial charge in [-0.1, -0.05) is 82.1 Å². The van der Waals surface area contributed by atoms with E-state index in [9.17, 15) is 18.9 Å². The van der Waals surface area contributed by atoms with Crippen LogP contribution in [0.25, 0.3) is 0 Å². The van der Waals surface area contributed by atoms with Crippen molar-refractivity contribution < 1.29 is 18.9 Å². The second kappa shape index (κ2) is 14.1. The summed E-state index contributed by atoms with van der Waals surface area (Å²) in [5, 5.41) is 13.8. The van der Waals surface area contributed by atoms with Crippen LogP contribution >= 0.6 is 23.2 Å². The van der Waals surface area contributed by atoms with Crippen molar-refractivity contribution >= 4 is 44.7 Å². The molecule has 44 heavy (non-hydrogen) atoms. The molecule has 1 saturated carbocycles. The molecule has 2 aliphatic rings. The largest absolute Gasteiger partial charge is 0.393 e. The van der Waals surface area contributed by atoms with Crippen molar-refractivity contribution in [2.24, 2.45) is 11.3 Å². The number of aliphatic hydroxyl groups is 1. The van der Waals surface area contributed by atoms with Crippen molar-refractivity contribution in [1.82, 2.24) is 10.2 Å². The van der Waals surface area contributed by atoms with Gasteiger partial charge >= 0.3 is 0 Å². The number of hydrogen-bond donors (Lipinski definition) is 3. The Hall–Kier alpha value is -2.13. The molecular formula is C34H47Cl2N3O4S. The zero-order chi connectivity index (χ0) is 32.4. The molecule has 1 heterocycles. The molecule has 1 aliphatic carbocycles. The van der Waals surface area contributed by atoms with Crippen molar-refractivity contribution in [2.75, 3.05) is 5.75 Å². The molecule has 2 unspecified atom stereocenters. The average Bonchev–Trinajstić information content (AvgIpc) is 2.95. The van der Waals surface area contributed by atoms with Crippen LogP contribution in [0.15, 0.2) is 48.5 Å². The van der Waals surface area contributed by atoms with Gasteiger partial charge in [0, 0.05) is 49.4 Å². The standard InChI is InChI=1S/C34H47Cl2N3O4S/c1-21(2)30(20-44(37,43)22(3)4)39-32(23-9-11-25(35)12-10-23)29(24-7-6-8-26(36)17-24)18-34(5,33(39)42)19-31(41)38-27-13-15-28(40)16-14-27/h6-12,17,21-22,27-30,32,37,40H,13-16,18-20H2,1-5H3,(H,38,41)/t27-,28-,29-,30?,32-,34-,44?/m1/s1. The number of amides is 2. The van der Waals surface area contributed by atoms with E-state index < -0.39 is 27.2 Å². The van der Waals surface area contributed by atoms with Crippen LogP contribution in [-0.4, -0.2) is 55.2 Å². The molecule has 4 rings (SSSR count). The lowest BCUT2D eigenvalue weighted by atomic mass is 9.66. The molecule has 0 spiro atoms. The minimum atomic E-state index is -3.04. The van der Waals surface area contributed by atoms with E-state index in [2.05, 4.69) is 5.32 Å². The molecule has 0 aromatic heterocycles. The van der Waals surface area contributed by atoms with Gasteiger partial charge in [0.2, 0.25) is 11.8 Å². The lowest BCUT2D eigenvalue weighted by Crippen LogP contribution is -2.59. The maximum absolute atomic E-state index is 14.9. The third-order valence-corrected chi connectivity index (χ3v) is 12.4. The minimum absolute atomic E-state index is 0.00294. The van der Waals surface area contributed by atoms with Gasteiger partial charge in [-0.05, 0) is 73.4 Å². The minimum Gasteiger partial charge on any atom is -0.393 e. The Bertz CT molecular complexity index is 1420. The highest BCUT2D eigenvalue weighted by atomic mass is 35.5. The van der Waals surface area contributed by atoms with Crippen LogP contribution in [-0.2, 0) is 19.3 Å². The van der Waals surface area contributed by atoms with E-state index in [1.165, 1.54) is 0 Å². The normalized spacial score (nSPS) is 28.1. The SMILES string of the molecule is CC(C)C(CS(=N)(=O)C(C)C)N1C(=O)[C@@](C)(CC(=O)N[C@H]2CC[C@H](O)CC2)C[C@H](c2cccc(Cl)c2)[C@H]1c1ccc(Cl)cc1. The number of likely N-dealkylation sites (tertiary alicyclic amines) is 1. The second-order valence-electron chi connectivity index (χ2n) is 13.6. The fraction of sp³-hybridized carbons (Fsp3) is 0.588. The average molecular weight is 665 g/mol. The van der Waals surface area contributed by atoms with Crippen LogP contribution in [0.4, 0.5) is 0 Å². The molecule has 3 N–H and O–H groups in total. The van der Waals surface area contributed by atoms with Gasteiger partial charge in [0.05, 0.1) is 23.3 Å². The summed E-state index contributed by atoms with van der Waals surface area (Å²) in [4.78, 5) is 30.3. The number of piperidine rings is 1. The van der Waals surface area contributed by atoms with Gasteiger partial charge in [0.15, 0.2) is 0 Å². The number of carbonyl (C=O) groups is 2. The highest BCUT2D eigenvalue weighted by Gasteiger charge is 2.53. The summed E-state index contributed by atoms with van der Waals surface area (Å²) >= 11 is 12.8. The molecule has 2 fully saturated rings. The second-order valence-corrected chi connectivity index (χ2v) is 17.2. The number of nitrogens with zero attached hydrogens (tertiary/aromatic N) is 1. The van der Waals surface area contributed by atoms with Gasteiger partial charge in [-0.15, -0.1) is 0 Å². The Morgan fingerprint density at radius 2 is 1.68 bits per heavy atom. The van der Waals surface area contributed by atoms with Gasteiger partial charge in [0.1, 0.15) is 0 Å². The van der Waals surface area contributed by atoms with Crippen molar-refractivity contribution in [3.05, 3.63) is 69.7 Å². The molecule has 0 radical (unpaired) electrons. The number of halogens is 2. The first-order valence-corrected chi connectivity index (χ1v) is 18.2. The van der Waals surface area contributed by atoms with Crippen LogP contribution in [0.2, 0.25) is 10.0 Å². The first-order chi connectivity index (χ1) is 20.6. The van der Waals surface area contributed by atoms with Gasteiger partial charge in [-0.25, -0.2) is 4.21 Å². The lowest BCUT2D eigenvalue weighted by Gasteiger charge is -2.53. The molecular weight excluding hydrogens is 617 g/mol. The van der Waals surface area contributed by atoms with Crippen LogP contribution in [0.1, 0.15) is 96.2 Å². The van der Waals surface area contributed by atoms with Gasteiger partial charge in [-0.3, -0.25) is 14.4 Å². The zero-order valence-electron chi connectivity index (χ0n) is 26.4. The molecule has 1 aliphatic heterocycles. The number of benzene rings is 2. The summed E-state index contributed by atoms with van der Waals surface area (Å²) in [6.07, 6.45) is 2.77. The monoisotopic (exact) mass is 663 g/mol. The Morgan fingerprint density at radius 1 is 1.05 bits per heavy atom. The highest BCUT2D eigenvalue weighted by Crippen LogP contribution is 2.52. The van der Waals surface area contributed by atoms with Crippen LogP contribution < -0.4 is 5.32 Å². The van der Waals surface area contributed by atoms with Crippen molar-refractivity contribution in [3.63, 3.8) is 0 Å². The number of nitrogens with one attached hydrogen (secondary N) is 2. The van der Waals surface area contributed by atoms with Crippen molar-refractivity contribution in [1.29, 1.82) is 4.78 Å². The third-order valence-electron chi connectivity index (χ3n) is 9.51. The van der Waals surface area contributed by atoms with Crippen LogP contribution in [0.3, 0.4) is 0 Å². The van der Waals surface area contributed by atoms with Gasteiger partial charge in [-0.2, -0.15) is 0 Å². The summed E-state index contributed by atoms with van der Waals surface area (Å²) in [5.41, 5.74) is 0.759. The summed E-state index contributed by atoms with van der Waals surface area (Å²) < 4.78 is 22.4. The van der Waals surface area contributed by atoms with E-state index in [1.807, 2.05) is 74.2 Å². The number of hydrogen-bond acceptors (Lipinski definition) is 5. The smallest absolute Gasteiger partial charge is 0.229 e. The summed E-state index contributed by atoms with van der Waals surface area (Å²) in [7, 11) is -3.04. The third kappa shape index (κ3) is 7.98. The predicted molar refractivity (Wildman–Crippen MR) is 178 cm³/mol. The molecule has 242 valence electrons. The van der Waals surface area contributed by atoms with E-state index in [1.54, 1.807) is 13.8 Å². The molecule has 1 saturated heterocycles. The van der Waals surface area contributed by atoms with E-state index in [4.69, 9.17) is 28.0 Å². The fourth-order valence-electron chi connectivity index (χ4n) is 6.80. The molecule has 10 heteroatoms. The lowest BCUT2D eigenvalue weighted by molar-refractivity contribution is -0.158. The topological polar surface area (TPSA) is 111 Å². The quantitative estimate of drug-likeness (QED) is 0.247. The molecule has 0 bridgehead atoms. The van der Waals surface area contributed by atoms with Crippen molar-refractivity contribution in [3.8, 4) is 0 Å². The summed E-state index contributed by atoms with van der Waals surface area (Å²) in [6, 6.07) is 14.1. The van der Waals surface area contributed by atoms with Gasteiger partial charge < -0.3 is 15.3 Å². The predicted octanol–water partition coefficient (Wildman–Crippen LogP) is 7.35. The number of aliphatic hydroxyl groups excluding tert-OH is 1. The van der Waals surface area contributed by atoms with Crippen LogP contribution in [0, 0.1) is 16.1 Å². The summed E-state index contributed by atoms with van der Waals surface area (Å²) in [6.45, 7) is 9.43. The summed E-state index contributed by atoms with van der Waals surface area (Å²) in [5.74, 6) is -0.680. The fourth-order valence-corrected chi connectivity index (χ4v) is 8.57. The molecule has 2 aromatic carbocycles. The Labute approximate surface area is 273 Å². The Balaban J connectivity index is 1.83. The molecule has 2 aromatic rings. The van der Waals surface area contributed by atoms with E-state index in [0.29, 0.717) is 42.1 Å². The molecule has 2 amide bonds. The zero-order valence-corrected chi connectivity index (χ0v) is 28.7. The van der Waals surface area contributed by atoms with E-state index in [0.717, 1.165) is 11.1 Å². The maximum Gasteiger partial charge on any atom is 0.229 e. The highest BCUT2D eigenvalue weighted by molar-refractivity contribution is 7.93. The maximum atomic E-state index is 14.9. The van der Waals surface area contributed by atoms with Gasteiger partial charge in [0.25, 0.3) is 0 Å². The van der Waals surface area contributed by atoms with E-state index >= 15 is 0 Å². The Morgan fingerprint density at radius 3 is 2.25 bits per heavy atom. The Kier molecular flexibility index (Phi) is 11.1. The van der Waals surface area contributed by atoms with Crippen LogP contribution in [0.5, 0.6) is 0 Å². The van der Waals surface area contributed by atoms with Crippen molar-refractivity contribution in [2.45, 2.75) is 109 Å². The first-order valence-electron chi connectivity index (χ1n) is 15.7.